The van der Waals surface area contributed by atoms with E-state index in [1.54, 1.807) is 0 Å². The van der Waals surface area contributed by atoms with Gasteiger partial charge >= 0.3 is 0 Å². The smallest absolute Gasteiger partial charge is 0.0841 e. The predicted octanol–water partition coefficient (Wildman–Crippen LogP) is 2.60. The van der Waals surface area contributed by atoms with Crippen molar-refractivity contribution in [2.75, 3.05) is 0 Å². The van der Waals surface area contributed by atoms with E-state index in [0.29, 0.717) is 12.2 Å². The Kier molecular flexibility index (Phi) is 2.72. The standard InChI is InChI=1S/C9H18O/c1-4-8-9(10-8)6-5-7(2)3/h7-9H,4-6H2,1-3H3. The molecule has 10 heavy (non-hydrogen) atoms. The molecule has 1 aliphatic heterocycles. The van der Waals surface area contributed by atoms with Gasteiger partial charge in [-0.3, -0.25) is 0 Å². The van der Waals surface area contributed by atoms with Gasteiger partial charge in [0.1, 0.15) is 0 Å². The lowest BCUT2D eigenvalue weighted by Crippen LogP contribution is -1.95. The first-order chi connectivity index (χ1) is 4.74. The molecule has 1 nitrogen and oxygen atoms in total. The van der Waals surface area contributed by atoms with Gasteiger partial charge in [-0.25, -0.2) is 0 Å². The van der Waals surface area contributed by atoms with Crippen LogP contribution < -0.4 is 0 Å². The van der Waals surface area contributed by atoms with Crippen molar-refractivity contribution in [3.8, 4) is 0 Å². The van der Waals surface area contributed by atoms with Gasteiger partial charge in [-0.15, -0.1) is 0 Å². The third kappa shape index (κ3) is 2.30. The maximum Gasteiger partial charge on any atom is 0.0841 e. The molecule has 1 heteroatoms. The van der Waals surface area contributed by atoms with Gasteiger partial charge in [0.25, 0.3) is 0 Å². The van der Waals surface area contributed by atoms with E-state index in [-0.39, 0.29) is 0 Å². The fourth-order valence-electron chi connectivity index (χ4n) is 1.29. The maximum absolute atomic E-state index is 5.42. The maximum atomic E-state index is 5.42. The summed E-state index contributed by atoms with van der Waals surface area (Å²) < 4.78 is 5.42. The third-order valence-electron chi connectivity index (χ3n) is 2.12. The minimum atomic E-state index is 0.610. The van der Waals surface area contributed by atoms with Crippen LogP contribution in [-0.4, -0.2) is 12.2 Å². The molecule has 0 aliphatic carbocycles. The Morgan fingerprint density at radius 1 is 1.30 bits per heavy atom. The summed E-state index contributed by atoms with van der Waals surface area (Å²) in [4.78, 5) is 0. The number of rotatable bonds is 4. The second-order valence-corrected chi connectivity index (χ2v) is 3.59. The molecule has 0 aromatic rings. The second kappa shape index (κ2) is 3.38. The van der Waals surface area contributed by atoms with Crippen LogP contribution in [0, 0.1) is 5.92 Å². The molecule has 1 aliphatic rings. The molecule has 1 fully saturated rings. The minimum absolute atomic E-state index is 0.610. The lowest BCUT2D eigenvalue weighted by atomic mass is 10.0. The van der Waals surface area contributed by atoms with E-state index in [1.165, 1.54) is 19.3 Å². The molecule has 0 spiro atoms. The third-order valence-corrected chi connectivity index (χ3v) is 2.12. The monoisotopic (exact) mass is 142 g/mol. The van der Waals surface area contributed by atoms with E-state index < -0.39 is 0 Å². The molecule has 0 aromatic carbocycles. The number of hydrogen-bond donors (Lipinski definition) is 0. The van der Waals surface area contributed by atoms with Crippen molar-refractivity contribution in [3.05, 3.63) is 0 Å². The van der Waals surface area contributed by atoms with Crippen LogP contribution in [0.3, 0.4) is 0 Å². The largest absolute Gasteiger partial charge is 0.370 e. The second-order valence-electron chi connectivity index (χ2n) is 3.59. The van der Waals surface area contributed by atoms with Crippen LogP contribution in [-0.2, 0) is 4.74 Å². The normalized spacial score (nSPS) is 31.2. The van der Waals surface area contributed by atoms with Crippen LogP contribution >= 0.6 is 0 Å². The molecular weight excluding hydrogens is 124 g/mol. The van der Waals surface area contributed by atoms with Crippen molar-refractivity contribution in [1.82, 2.24) is 0 Å². The summed E-state index contributed by atoms with van der Waals surface area (Å²) in [5.41, 5.74) is 0. The molecule has 1 saturated heterocycles. The molecule has 0 aromatic heterocycles. The molecule has 0 saturated carbocycles. The lowest BCUT2D eigenvalue weighted by molar-refractivity contribution is 0.349. The Hall–Kier alpha value is -0.0400. The number of hydrogen-bond acceptors (Lipinski definition) is 1. The van der Waals surface area contributed by atoms with Gasteiger partial charge < -0.3 is 4.74 Å². The summed E-state index contributed by atoms with van der Waals surface area (Å²) in [5.74, 6) is 0.835. The van der Waals surface area contributed by atoms with Gasteiger partial charge in [-0.2, -0.15) is 0 Å². The molecule has 2 unspecified atom stereocenters. The van der Waals surface area contributed by atoms with Gasteiger partial charge in [0.15, 0.2) is 0 Å². The van der Waals surface area contributed by atoms with Crippen molar-refractivity contribution < 1.29 is 4.74 Å². The van der Waals surface area contributed by atoms with Gasteiger partial charge in [0.05, 0.1) is 12.2 Å². The number of ether oxygens (including phenoxy) is 1. The average molecular weight is 142 g/mol. The van der Waals surface area contributed by atoms with Crippen LogP contribution in [0.15, 0.2) is 0 Å². The zero-order chi connectivity index (χ0) is 7.56. The Balaban J connectivity index is 1.96. The summed E-state index contributed by atoms with van der Waals surface area (Å²) >= 11 is 0. The first kappa shape index (κ1) is 8.06. The molecule has 0 radical (unpaired) electrons. The quantitative estimate of drug-likeness (QED) is 0.550. The Bertz CT molecular complexity index is 98.9. The van der Waals surface area contributed by atoms with E-state index in [9.17, 15) is 0 Å². The Morgan fingerprint density at radius 3 is 2.40 bits per heavy atom. The van der Waals surface area contributed by atoms with E-state index in [4.69, 9.17) is 4.74 Å². The minimum Gasteiger partial charge on any atom is -0.370 e. The number of epoxide rings is 1. The SMILES string of the molecule is CCC1OC1CCC(C)C. The molecular formula is C9H18O. The van der Waals surface area contributed by atoms with Crippen LogP contribution in [0.2, 0.25) is 0 Å². The summed E-state index contributed by atoms with van der Waals surface area (Å²) in [7, 11) is 0. The van der Waals surface area contributed by atoms with Crippen molar-refractivity contribution >= 4 is 0 Å². The molecule has 2 atom stereocenters. The van der Waals surface area contributed by atoms with Crippen molar-refractivity contribution in [3.63, 3.8) is 0 Å². The average Bonchev–Trinajstić information content (AvgIpc) is 2.61. The first-order valence-corrected chi connectivity index (χ1v) is 4.39. The molecule has 1 rings (SSSR count). The highest BCUT2D eigenvalue weighted by molar-refractivity contribution is 4.83. The van der Waals surface area contributed by atoms with Crippen LogP contribution in [0.5, 0.6) is 0 Å². The van der Waals surface area contributed by atoms with Crippen molar-refractivity contribution in [1.29, 1.82) is 0 Å². The van der Waals surface area contributed by atoms with Gasteiger partial charge in [-0.1, -0.05) is 20.8 Å². The zero-order valence-corrected chi connectivity index (χ0v) is 7.26. The summed E-state index contributed by atoms with van der Waals surface area (Å²) in [6.45, 7) is 6.73. The van der Waals surface area contributed by atoms with Crippen LogP contribution in [0.25, 0.3) is 0 Å². The van der Waals surface area contributed by atoms with Gasteiger partial charge in [0.2, 0.25) is 0 Å². The predicted molar refractivity (Wildman–Crippen MR) is 43.0 cm³/mol. The van der Waals surface area contributed by atoms with E-state index in [2.05, 4.69) is 20.8 Å². The van der Waals surface area contributed by atoms with E-state index in [0.717, 1.165) is 5.92 Å². The van der Waals surface area contributed by atoms with Gasteiger partial charge in [-0.05, 0) is 25.2 Å². The van der Waals surface area contributed by atoms with E-state index in [1.807, 2.05) is 0 Å². The van der Waals surface area contributed by atoms with Crippen LogP contribution in [0.4, 0.5) is 0 Å². The van der Waals surface area contributed by atoms with E-state index >= 15 is 0 Å². The molecule has 0 bridgehead atoms. The fourth-order valence-corrected chi connectivity index (χ4v) is 1.29. The molecule has 0 N–H and O–H groups in total. The first-order valence-electron chi connectivity index (χ1n) is 4.39. The van der Waals surface area contributed by atoms with Crippen LogP contribution in [0.1, 0.15) is 40.0 Å². The Morgan fingerprint density at radius 2 is 2.00 bits per heavy atom. The highest BCUT2D eigenvalue weighted by Gasteiger charge is 2.35. The topological polar surface area (TPSA) is 12.5 Å². The molecule has 0 amide bonds. The highest BCUT2D eigenvalue weighted by atomic mass is 16.6. The summed E-state index contributed by atoms with van der Waals surface area (Å²) in [6, 6.07) is 0. The lowest BCUT2D eigenvalue weighted by Gasteiger charge is -1.99. The summed E-state index contributed by atoms with van der Waals surface area (Å²) in [6.07, 6.45) is 5.02. The molecule has 60 valence electrons. The Labute approximate surface area is 63.8 Å². The van der Waals surface area contributed by atoms with Crippen molar-refractivity contribution in [2.24, 2.45) is 5.92 Å². The fraction of sp³-hybridized carbons (Fsp3) is 1.00. The summed E-state index contributed by atoms with van der Waals surface area (Å²) in [5, 5.41) is 0. The molecule has 1 heterocycles. The van der Waals surface area contributed by atoms with Gasteiger partial charge in [0, 0.05) is 0 Å². The zero-order valence-electron chi connectivity index (χ0n) is 7.26. The van der Waals surface area contributed by atoms with Crippen molar-refractivity contribution in [2.45, 2.75) is 52.2 Å². The highest BCUT2D eigenvalue weighted by Crippen LogP contribution is 2.29.